The lowest BCUT2D eigenvalue weighted by Crippen LogP contribution is -2.52. The van der Waals surface area contributed by atoms with Gasteiger partial charge in [0.25, 0.3) is 0 Å². The monoisotopic (exact) mass is 196 g/mol. The van der Waals surface area contributed by atoms with Gasteiger partial charge in [-0.2, -0.15) is 5.26 Å². The van der Waals surface area contributed by atoms with Crippen LogP contribution in [0.1, 0.15) is 20.8 Å². The van der Waals surface area contributed by atoms with Gasteiger partial charge in [0.1, 0.15) is 0 Å². The second-order valence-electron chi connectivity index (χ2n) is 4.02. The summed E-state index contributed by atoms with van der Waals surface area (Å²) in [5.74, 6) is 0.345. The average Bonchev–Trinajstić information content (AvgIpc) is 1.99. The third-order valence-electron chi connectivity index (χ3n) is 2.42. The maximum absolute atomic E-state index is 11.3. The van der Waals surface area contributed by atoms with Crippen molar-refractivity contribution in [3.8, 4) is 6.07 Å². The molecule has 0 aromatic heterocycles. The number of nitriles is 1. The number of likely N-dealkylation sites (tertiary alicyclic amines) is 1. The van der Waals surface area contributed by atoms with Crippen LogP contribution in [0.15, 0.2) is 0 Å². The van der Waals surface area contributed by atoms with Crippen LogP contribution in [0.25, 0.3) is 0 Å². The summed E-state index contributed by atoms with van der Waals surface area (Å²) in [6.07, 6.45) is -0.337. The van der Waals surface area contributed by atoms with Gasteiger partial charge in [0.2, 0.25) is 0 Å². The van der Waals surface area contributed by atoms with Gasteiger partial charge in [-0.25, -0.2) is 4.79 Å². The van der Waals surface area contributed by atoms with Crippen LogP contribution in [-0.2, 0) is 4.74 Å². The summed E-state index contributed by atoms with van der Waals surface area (Å²) in [7, 11) is 0. The third-order valence-corrected chi connectivity index (χ3v) is 2.42. The second kappa shape index (κ2) is 4.32. The Hall–Kier alpha value is -1.24. The van der Waals surface area contributed by atoms with E-state index in [1.807, 2.05) is 20.8 Å². The molecule has 1 unspecified atom stereocenters. The van der Waals surface area contributed by atoms with E-state index >= 15 is 0 Å². The minimum atomic E-state index is -0.263. The van der Waals surface area contributed by atoms with Crippen molar-refractivity contribution in [1.82, 2.24) is 4.90 Å². The second-order valence-corrected chi connectivity index (χ2v) is 4.02. The largest absolute Gasteiger partial charge is 0.447 e. The normalized spacial score (nSPS) is 18.6. The van der Waals surface area contributed by atoms with E-state index in [0.717, 1.165) is 0 Å². The molecule has 0 aromatic rings. The highest BCUT2D eigenvalue weighted by atomic mass is 16.6. The van der Waals surface area contributed by atoms with Crippen molar-refractivity contribution in [2.24, 2.45) is 11.8 Å². The van der Waals surface area contributed by atoms with Crippen molar-refractivity contribution in [2.75, 3.05) is 13.1 Å². The molecule has 1 heterocycles. The Bertz CT molecular complexity index is 251. The molecule has 1 fully saturated rings. The molecular weight excluding hydrogens is 180 g/mol. The SMILES string of the molecule is CC(C)OC(=O)N1CC(C(C)C#N)C1. The van der Waals surface area contributed by atoms with E-state index < -0.39 is 0 Å². The van der Waals surface area contributed by atoms with Crippen LogP contribution < -0.4 is 0 Å². The summed E-state index contributed by atoms with van der Waals surface area (Å²) in [5.41, 5.74) is 0. The van der Waals surface area contributed by atoms with Crippen molar-refractivity contribution < 1.29 is 9.53 Å². The lowest BCUT2D eigenvalue weighted by Gasteiger charge is -2.39. The summed E-state index contributed by atoms with van der Waals surface area (Å²) in [5, 5.41) is 8.66. The van der Waals surface area contributed by atoms with Crippen LogP contribution in [-0.4, -0.2) is 30.2 Å². The van der Waals surface area contributed by atoms with Crippen molar-refractivity contribution in [3.63, 3.8) is 0 Å². The van der Waals surface area contributed by atoms with E-state index in [2.05, 4.69) is 6.07 Å². The smallest absolute Gasteiger partial charge is 0.410 e. The Kier molecular flexibility index (Phi) is 3.34. The van der Waals surface area contributed by atoms with Gasteiger partial charge in [-0.3, -0.25) is 0 Å². The van der Waals surface area contributed by atoms with Gasteiger partial charge in [0.15, 0.2) is 0 Å². The van der Waals surface area contributed by atoms with E-state index in [1.54, 1.807) is 4.90 Å². The molecule has 14 heavy (non-hydrogen) atoms. The Balaban J connectivity index is 2.28. The van der Waals surface area contributed by atoms with Crippen LogP contribution in [0, 0.1) is 23.2 Å². The van der Waals surface area contributed by atoms with Gasteiger partial charge < -0.3 is 9.64 Å². The number of ether oxygens (including phenoxy) is 1. The Morgan fingerprint density at radius 2 is 2.07 bits per heavy atom. The Morgan fingerprint density at radius 1 is 1.50 bits per heavy atom. The molecule has 0 aliphatic carbocycles. The highest BCUT2D eigenvalue weighted by Gasteiger charge is 2.35. The molecule has 0 aromatic carbocycles. The van der Waals surface area contributed by atoms with Crippen LogP contribution in [0.2, 0.25) is 0 Å². The fourth-order valence-electron chi connectivity index (χ4n) is 1.36. The van der Waals surface area contributed by atoms with Crippen molar-refractivity contribution >= 4 is 6.09 Å². The van der Waals surface area contributed by atoms with Crippen LogP contribution >= 0.6 is 0 Å². The molecule has 78 valence electrons. The number of hydrogen-bond acceptors (Lipinski definition) is 3. The number of carbonyl (C=O) groups is 1. The van der Waals surface area contributed by atoms with Crippen molar-refractivity contribution in [2.45, 2.75) is 26.9 Å². The topological polar surface area (TPSA) is 53.3 Å². The molecule has 1 atom stereocenters. The number of rotatable bonds is 2. The number of nitrogens with zero attached hydrogens (tertiary/aromatic N) is 2. The van der Waals surface area contributed by atoms with Crippen LogP contribution in [0.5, 0.6) is 0 Å². The summed E-state index contributed by atoms with van der Waals surface area (Å²) in [4.78, 5) is 13.0. The molecule has 0 radical (unpaired) electrons. The molecule has 4 nitrogen and oxygen atoms in total. The van der Waals surface area contributed by atoms with Gasteiger partial charge in [0, 0.05) is 24.9 Å². The van der Waals surface area contributed by atoms with E-state index in [4.69, 9.17) is 10.00 Å². The van der Waals surface area contributed by atoms with Gasteiger partial charge >= 0.3 is 6.09 Å². The number of hydrogen-bond donors (Lipinski definition) is 0. The first kappa shape index (κ1) is 10.8. The summed E-state index contributed by atoms with van der Waals surface area (Å²) in [6.45, 7) is 6.84. The minimum absolute atomic E-state index is 0.0260. The van der Waals surface area contributed by atoms with Gasteiger partial charge in [-0.05, 0) is 20.8 Å². The molecule has 1 aliphatic heterocycles. The zero-order valence-electron chi connectivity index (χ0n) is 8.86. The van der Waals surface area contributed by atoms with Crippen LogP contribution in [0.4, 0.5) is 4.79 Å². The molecule has 1 amide bonds. The molecule has 0 bridgehead atoms. The Morgan fingerprint density at radius 3 is 2.50 bits per heavy atom. The highest BCUT2D eigenvalue weighted by Crippen LogP contribution is 2.23. The maximum atomic E-state index is 11.3. The molecule has 4 heteroatoms. The molecular formula is C10H16N2O2. The first-order valence-electron chi connectivity index (χ1n) is 4.89. The van der Waals surface area contributed by atoms with Gasteiger partial charge in [0.05, 0.1) is 12.2 Å². The van der Waals surface area contributed by atoms with Crippen LogP contribution in [0.3, 0.4) is 0 Å². The predicted octanol–water partition coefficient (Wildman–Crippen LogP) is 1.62. The third kappa shape index (κ3) is 2.38. The zero-order chi connectivity index (χ0) is 10.7. The lowest BCUT2D eigenvalue weighted by atomic mass is 9.88. The van der Waals surface area contributed by atoms with E-state index in [-0.39, 0.29) is 18.1 Å². The summed E-state index contributed by atoms with van der Waals surface area (Å²) < 4.78 is 5.02. The molecule has 0 spiro atoms. The van der Waals surface area contributed by atoms with Gasteiger partial charge in [-0.15, -0.1) is 0 Å². The first-order valence-corrected chi connectivity index (χ1v) is 4.89. The highest BCUT2D eigenvalue weighted by molar-refractivity contribution is 5.68. The quantitative estimate of drug-likeness (QED) is 0.674. The fourth-order valence-corrected chi connectivity index (χ4v) is 1.36. The zero-order valence-corrected chi connectivity index (χ0v) is 8.86. The average molecular weight is 196 g/mol. The van der Waals surface area contributed by atoms with E-state index in [0.29, 0.717) is 19.0 Å². The molecule has 1 rings (SSSR count). The lowest BCUT2D eigenvalue weighted by molar-refractivity contribution is 0.0289. The minimum Gasteiger partial charge on any atom is -0.447 e. The number of carbonyl (C=O) groups excluding carboxylic acids is 1. The summed E-state index contributed by atoms with van der Waals surface area (Å²) in [6, 6.07) is 2.19. The number of amides is 1. The van der Waals surface area contributed by atoms with Crippen molar-refractivity contribution in [3.05, 3.63) is 0 Å². The first-order chi connectivity index (χ1) is 6.54. The van der Waals surface area contributed by atoms with E-state index in [1.165, 1.54) is 0 Å². The molecule has 0 N–H and O–H groups in total. The Labute approximate surface area is 84.4 Å². The van der Waals surface area contributed by atoms with Gasteiger partial charge in [-0.1, -0.05) is 0 Å². The fraction of sp³-hybridized carbons (Fsp3) is 0.800. The predicted molar refractivity (Wildman–Crippen MR) is 51.5 cm³/mol. The standard InChI is InChI=1S/C10H16N2O2/c1-7(2)14-10(13)12-5-9(6-12)8(3)4-11/h7-9H,5-6H2,1-3H3. The molecule has 1 saturated heterocycles. The molecule has 0 saturated carbocycles. The van der Waals surface area contributed by atoms with E-state index in [9.17, 15) is 4.79 Å². The van der Waals surface area contributed by atoms with Crippen molar-refractivity contribution in [1.29, 1.82) is 5.26 Å². The summed E-state index contributed by atoms with van der Waals surface area (Å²) >= 11 is 0. The molecule has 1 aliphatic rings. The maximum Gasteiger partial charge on any atom is 0.410 e.